The second-order valence-corrected chi connectivity index (χ2v) is 5.77. The van der Waals surface area contributed by atoms with Gasteiger partial charge in [0.1, 0.15) is 0 Å². The van der Waals surface area contributed by atoms with Crippen molar-refractivity contribution in [3.05, 3.63) is 29.8 Å². The first-order chi connectivity index (χ1) is 9.17. The first-order valence-electron chi connectivity index (χ1n) is 5.93. The van der Waals surface area contributed by atoms with E-state index in [-0.39, 0.29) is 16.7 Å². The van der Waals surface area contributed by atoms with Crippen molar-refractivity contribution in [1.82, 2.24) is 4.90 Å². The molecule has 0 bridgehead atoms. The Hall–Kier alpha value is -1.21. The van der Waals surface area contributed by atoms with Crippen molar-refractivity contribution in [3.63, 3.8) is 0 Å². The van der Waals surface area contributed by atoms with Crippen LogP contribution >= 0.6 is 11.8 Å². The number of carboxylic acids is 1. The fraction of sp³-hybridized carbons (Fsp3) is 0.462. The summed E-state index contributed by atoms with van der Waals surface area (Å²) in [6.07, 6.45) is 0. The minimum absolute atomic E-state index is 0.141. The Morgan fingerprint density at radius 3 is 2.35 bits per heavy atom. The van der Waals surface area contributed by atoms with E-state index in [1.54, 1.807) is 26.1 Å². The van der Waals surface area contributed by atoms with Gasteiger partial charge in [0.25, 0.3) is 0 Å². The zero-order chi connectivity index (χ0) is 15.3. The van der Waals surface area contributed by atoms with E-state index >= 15 is 0 Å². The second-order valence-electron chi connectivity index (χ2n) is 4.63. The van der Waals surface area contributed by atoms with Gasteiger partial charge in [0.15, 0.2) is 0 Å². The molecule has 0 aliphatic carbocycles. The lowest BCUT2D eigenvalue weighted by Gasteiger charge is -2.19. The van der Waals surface area contributed by atoms with Crippen molar-refractivity contribution in [2.75, 3.05) is 13.6 Å². The number of carbonyl (C=O) groups is 1. The van der Waals surface area contributed by atoms with Gasteiger partial charge in [-0.3, -0.25) is 4.79 Å². The van der Waals surface area contributed by atoms with Crippen molar-refractivity contribution in [2.45, 2.75) is 23.9 Å². The number of aliphatic carboxylic acids is 1. The van der Waals surface area contributed by atoms with Gasteiger partial charge >= 0.3 is 11.5 Å². The normalized spacial score (nSPS) is 13.5. The van der Waals surface area contributed by atoms with Crippen LogP contribution in [0.4, 0.5) is 13.2 Å². The predicted octanol–water partition coefficient (Wildman–Crippen LogP) is 3.45. The number of nitrogens with zero attached hydrogens (tertiary/aromatic N) is 1. The van der Waals surface area contributed by atoms with Gasteiger partial charge < -0.3 is 10.0 Å². The van der Waals surface area contributed by atoms with Gasteiger partial charge in [0.2, 0.25) is 0 Å². The Labute approximate surface area is 119 Å². The molecule has 1 atom stereocenters. The lowest BCUT2D eigenvalue weighted by molar-refractivity contribution is -0.141. The fourth-order valence-corrected chi connectivity index (χ4v) is 2.26. The standard InChI is InChI=1S/C13H16F3NO2S/c1-9(12(18)19)7-17(2)8-10-3-5-11(6-4-10)20-13(14,15)16/h3-6,9H,7-8H2,1-2H3,(H,18,19). The summed E-state index contributed by atoms with van der Waals surface area (Å²) in [6, 6.07) is 6.08. The number of alkyl halides is 3. The first-order valence-corrected chi connectivity index (χ1v) is 6.75. The summed E-state index contributed by atoms with van der Waals surface area (Å²) in [5.74, 6) is -1.35. The largest absolute Gasteiger partial charge is 0.481 e. The second kappa shape index (κ2) is 6.99. The van der Waals surface area contributed by atoms with Gasteiger partial charge in [-0.05, 0) is 36.5 Å². The van der Waals surface area contributed by atoms with E-state index in [0.717, 1.165) is 5.56 Å². The average Bonchev–Trinajstić information content (AvgIpc) is 2.29. The molecule has 1 N–H and O–H groups in total. The van der Waals surface area contributed by atoms with Gasteiger partial charge in [-0.2, -0.15) is 13.2 Å². The molecule has 0 aromatic heterocycles. The molecule has 0 spiro atoms. The van der Waals surface area contributed by atoms with Crippen LogP contribution in [0.5, 0.6) is 0 Å². The van der Waals surface area contributed by atoms with Gasteiger partial charge in [-0.25, -0.2) is 0 Å². The maximum Gasteiger partial charge on any atom is 0.446 e. The van der Waals surface area contributed by atoms with Crippen LogP contribution in [-0.4, -0.2) is 35.1 Å². The molecular formula is C13H16F3NO2S. The quantitative estimate of drug-likeness (QED) is 0.817. The topological polar surface area (TPSA) is 40.5 Å². The lowest BCUT2D eigenvalue weighted by atomic mass is 10.1. The number of hydrogen-bond donors (Lipinski definition) is 1. The molecule has 1 unspecified atom stereocenters. The molecule has 0 saturated heterocycles. The van der Waals surface area contributed by atoms with E-state index in [1.165, 1.54) is 12.1 Å². The van der Waals surface area contributed by atoms with E-state index in [1.807, 2.05) is 4.90 Å². The summed E-state index contributed by atoms with van der Waals surface area (Å²) in [5.41, 5.74) is -3.44. The van der Waals surface area contributed by atoms with Gasteiger partial charge in [-0.1, -0.05) is 19.1 Å². The number of rotatable bonds is 6. The molecule has 7 heteroatoms. The molecular weight excluding hydrogens is 291 g/mol. The number of carboxylic acid groups (broad SMARTS) is 1. The van der Waals surface area contributed by atoms with Gasteiger partial charge in [0.05, 0.1) is 5.92 Å². The molecule has 0 radical (unpaired) electrons. The highest BCUT2D eigenvalue weighted by Crippen LogP contribution is 2.36. The van der Waals surface area contributed by atoms with E-state index in [4.69, 9.17) is 5.11 Å². The Balaban J connectivity index is 2.55. The van der Waals surface area contributed by atoms with Crippen LogP contribution in [0.15, 0.2) is 29.2 Å². The molecule has 3 nitrogen and oxygen atoms in total. The van der Waals surface area contributed by atoms with E-state index in [2.05, 4.69) is 0 Å². The van der Waals surface area contributed by atoms with Crippen LogP contribution in [0.25, 0.3) is 0 Å². The Morgan fingerprint density at radius 1 is 1.35 bits per heavy atom. The SMILES string of the molecule is CC(CN(C)Cc1ccc(SC(F)(F)F)cc1)C(=O)O. The molecule has 1 aromatic carbocycles. The first kappa shape index (κ1) is 16.8. The summed E-state index contributed by atoms with van der Waals surface area (Å²) in [4.78, 5) is 12.7. The predicted molar refractivity (Wildman–Crippen MR) is 71.5 cm³/mol. The number of thioether (sulfide) groups is 1. The van der Waals surface area contributed by atoms with Crippen LogP contribution < -0.4 is 0 Å². The summed E-state index contributed by atoms with van der Waals surface area (Å²) < 4.78 is 36.5. The van der Waals surface area contributed by atoms with Crippen LogP contribution in [0.3, 0.4) is 0 Å². The van der Waals surface area contributed by atoms with Crippen molar-refractivity contribution >= 4 is 17.7 Å². The summed E-state index contributed by atoms with van der Waals surface area (Å²) >= 11 is -0.148. The van der Waals surface area contributed by atoms with Crippen molar-refractivity contribution < 1.29 is 23.1 Å². The monoisotopic (exact) mass is 307 g/mol. The molecule has 0 aliphatic rings. The molecule has 1 rings (SSSR count). The summed E-state index contributed by atoms with van der Waals surface area (Å²) in [7, 11) is 1.78. The zero-order valence-electron chi connectivity index (χ0n) is 11.1. The number of hydrogen-bond acceptors (Lipinski definition) is 3. The molecule has 0 aliphatic heterocycles. The highest BCUT2D eigenvalue weighted by molar-refractivity contribution is 8.00. The smallest absolute Gasteiger partial charge is 0.446 e. The van der Waals surface area contributed by atoms with Crippen molar-refractivity contribution in [3.8, 4) is 0 Å². The number of benzene rings is 1. The van der Waals surface area contributed by atoms with Crippen LogP contribution in [0, 0.1) is 5.92 Å². The minimum atomic E-state index is -4.28. The molecule has 0 heterocycles. The lowest BCUT2D eigenvalue weighted by Crippen LogP contribution is -2.28. The van der Waals surface area contributed by atoms with E-state index in [9.17, 15) is 18.0 Å². The van der Waals surface area contributed by atoms with Crippen LogP contribution in [0.1, 0.15) is 12.5 Å². The molecule has 20 heavy (non-hydrogen) atoms. The maximum atomic E-state index is 12.2. The van der Waals surface area contributed by atoms with Gasteiger partial charge in [0, 0.05) is 18.0 Å². The summed E-state index contributed by atoms with van der Waals surface area (Å²) in [5, 5.41) is 8.81. The molecule has 0 amide bonds. The Morgan fingerprint density at radius 2 is 1.90 bits per heavy atom. The maximum absolute atomic E-state index is 12.2. The third-order valence-corrected chi connectivity index (χ3v) is 3.36. The van der Waals surface area contributed by atoms with E-state index in [0.29, 0.717) is 13.1 Å². The average molecular weight is 307 g/mol. The molecule has 0 saturated carbocycles. The highest BCUT2D eigenvalue weighted by Gasteiger charge is 2.29. The Kier molecular flexibility index (Phi) is 5.88. The van der Waals surface area contributed by atoms with Crippen LogP contribution in [0.2, 0.25) is 0 Å². The minimum Gasteiger partial charge on any atom is -0.481 e. The van der Waals surface area contributed by atoms with Crippen LogP contribution in [-0.2, 0) is 11.3 Å². The number of halogens is 3. The van der Waals surface area contributed by atoms with Gasteiger partial charge in [-0.15, -0.1) is 0 Å². The van der Waals surface area contributed by atoms with Crippen molar-refractivity contribution in [1.29, 1.82) is 0 Å². The molecule has 112 valence electrons. The Bertz CT molecular complexity index is 448. The zero-order valence-corrected chi connectivity index (χ0v) is 12.0. The van der Waals surface area contributed by atoms with Crippen molar-refractivity contribution in [2.24, 2.45) is 5.92 Å². The molecule has 1 aromatic rings. The fourth-order valence-electron chi connectivity index (χ4n) is 1.72. The highest BCUT2D eigenvalue weighted by atomic mass is 32.2. The third-order valence-electron chi connectivity index (χ3n) is 2.62. The molecule has 0 fully saturated rings. The van der Waals surface area contributed by atoms with E-state index < -0.39 is 17.4 Å². The summed E-state index contributed by atoms with van der Waals surface area (Å²) in [6.45, 7) is 2.49. The third kappa shape index (κ3) is 6.29.